The van der Waals surface area contributed by atoms with Gasteiger partial charge in [-0.15, -0.1) is 0 Å². The molecule has 11 heteroatoms. The molecule has 0 saturated carbocycles. The maximum Gasteiger partial charge on any atom is 0.405 e. The van der Waals surface area contributed by atoms with E-state index in [1.807, 2.05) is 32.0 Å². The molecule has 1 aromatic carbocycles. The molecule has 8 nitrogen and oxygen atoms in total. The van der Waals surface area contributed by atoms with E-state index in [2.05, 4.69) is 10.3 Å². The number of fused-ring (bicyclic) bond motifs is 1. The fraction of sp³-hybridized carbons (Fsp3) is 0.250. The summed E-state index contributed by atoms with van der Waals surface area (Å²) < 4.78 is 47.4. The summed E-state index contributed by atoms with van der Waals surface area (Å²) in [5.74, 6) is 1.01. The third-order valence-corrected chi connectivity index (χ3v) is 6.46. The van der Waals surface area contributed by atoms with Gasteiger partial charge in [0.2, 0.25) is 0 Å². The standard InChI is InChI=1S/C28H28F3N5O3/c1-15-7-6-8-16(2)26(15)39-23-13-35(4)24(37)10-18(23)21-12-36(5)27(38)25-19(21)9-22(34-25)20(11-32)17(3)33-14-28(29,30)31/h6-13,32-34H,14H2,1-5H3/b20-17+,32-11?. The Morgan fingerprint density at radius 3 is 2.36 bits per heavy atom. The number of aryl methyl sites for hydroxylation is 4. The average Bonchev–Trinajstić information content (AvgIpc) is 3.30. The Kier molecular flexibility index (Phi) is 7.27. The number of H-pyrrole nitrogens is 1. The van der Waals surface area contributed by atoms with Crippen LogP contribution in [-0.2, 0) is 14.1 Å². The molecule has 0 fully saturated rings. The zero-order valence-corrected chi connectivity index (χ0v) is 22.1. The lowest BCUT2D eigenvalue weighted by Crippen LogP contribution is -2.28. The van der Waals surface area contributed by atoms with E-state index in [1.165, 1.54) is 22.1 Å². The number of allylic oxidation sites excluding steroid dienone is 2. The number of para-hydroxylation sites is 1. The molecule has 0 aliphatic heterocycles. The molecule has 3 N–H and O–H groups in total. The quantitative estimate of drug-likeness (QED) is 0.282. The SMILES string of the molecule is C/C(NCC(F)(F)F)=C(/C=N)c1cc2c(-c3cc(=O)n(C)cc3Oc3c(C)cccc3C)cn(C)c(=O)c2[nH]1. The zero-order chi connectivity index (χ0) is 28.6. The second-order valence-corrected chi connectivity index (χ2v) is 9.41. The molecule has 0 radical (unpaired) electrons. The Morgan fingerprint density at radius 2 is 1.74 bits per heavy atom. The number of nitrogens with one attached hydrogen (secondary N) is 3. The van der Waals surface area contributed by atoms with Crippen LogP contribution in [0.15, 0.2) is 58.0 Å². The number of pyridine rings is 2. The van der Waals surface area contributed by atoms with Gasteiger partial charge in [-0.1, -0.05) is 18.2 Å². The van der Waals surface area contributed by atoms with Crippen molar-refractivity contribution in [3.8, 4) is 22.6 Å². The maximum atomic E-state index is 13.0. The van der Waals surface area contributed by atoms with Crippen molar-refractivity contribution in [3.05, 3.63) is 86.0 Å². The van der Waals surface area contributed by atoms with Gasteiger partial charge in [0.05, 0.1) is 6.20 Å². The van der Waals surface area contributed by atoms with Crippen molar-refractivity contribution < 1.29 is 17.9 Å². The van der Waals surface area contributed by atoms with Crippen LogP contribution in [0.4, 0.5) is 13.2 Å². The number of aromatic amines is 1. The van der Waals surface area contributed by atoms with E-state index in [-0.39, 0.29) is 33.6 Å². The third kappa shape index (κ3) is 5.52. The van der Waals surface area contributed by atoms with Crippen LogP contribution in [0.1, 0.15) is 23.7 Å². The Morgan fingerprint density at radius 1 is 1.08 bits per heavy atom. The molecule has 0 aliphatic carbocycles. The number of halogens is 3. The molecule has 0 saturated heterocycles. The van der Waals surface area contributed by atoms with Gasteiger partial charge in [0.1, 0.15) is 17.8 Å². The van der Waals surface area contributed by atoms with Crippen LogP contribution in [0.5, 0.6) is 11.5 Å². The smallest absolute Gasteiger partial charge is 0.405 e. The highest BCUT2D eigenvalue weighted by Crippen LogP contribution is 2.38. The first-order valence-electron chi connectivity index (χ1n) is 12.0. The highest BCUT2D eigenvalue weighted by atomic mass is 19.4. The molecule has 0 bridgehead atoms. The van der Waals surface area contributed by atoms with E-state index in [0.717, 1.165) is 17.3 Å². The van der Waals surface area contributed by atoms with Crippen molar-refractivity contribution in [1.29, 1.82) is 5.41 Å². The monoisotopic (exact) mass is 539 g/mol. The number of alkyl halides is 3. The summed E-state index contributed by atoms with van der Waals surface area (Å²) in [4.78, 5) is 28.8. The molecule has 4 aromatic rings. The molecule has 0 aliphatic rings. The van der Waals surface area contributed by atoms with Crippen LogP contribution in [0, 0.1) is 19.3 Å². The Labute approximate surface area is 221 Å². The largest absolute Gasteiger partial charge is 0.455 e. The van der Waals surface area contributed by atoms with Crippen LogP contribution in [-0.4, -0.2) is 33.1 Å². The van der Waals surface area contributed by atoms with Crippen molar-refractivity contribution >= 4 is 22.7 Å². The number of rotatable bonds is 7. The van der Waals surface area contributed by atoms with Gasteiger partial charge in [-0.25, -0.2) is 0 Å². The first-order chi connectivity index (χ1) is 18.3. The molecule has 39 heavy (non-hydrogen) atoms. The maximum absolute atomic E-state index is 13.0. The first-order valence-corrected chi connectivity index (χ1v) is 12.0. The summed E-state index contributed by atoms with van der Waals surface area (Å²) in [7, 11) is 3.16. The molecular formula is C28H28F3N5O3. The fourth-order valence-corrected chi connectivity index (χ4v) is 4.38. The van der Waals surface area contributed by atoms with Gasteiger partial charge >= 0.3 is 6.18 Å². The van der Waals surface area contributed by atoms with E-state index in [1.54, 1.807) is 32.6 Å². The molecule has 0 amide bonds. The molecule has 0 unspecified atom stereocenters. The summed E-state index contributed by atoms with van der Waals surface area (Å²) in [6.45, 7) is 3.98. The van der Waals surface area contributed by atoms with Gasteiger partial charge in [-0.3, -0.25) is 9.59 Å². The Hall–Kier alpha value is -4.54. The van der Waals surface area contributed by atoms with E-state index >= 15 is 0 Å². The number of hydrogen-bond acceptors (Lipinski definition) is 5. The molecule has 0 spiro atoms. The Bertz CT molecular complexity index is 1720. The van der Waals surface area contributed by atoms with E-state index in [9.17, 15) is 22.8 Å². The summed E-state index contributed by atoms with van der Waals surface area (Å²) in [5, 5.41) is 10.5. The van der Waals surface area contributed by atoms with E-state index < -0.39 is 12.7 Å². The van der Waals surface area contributed by atoms with Crippen LogP contribution in [0.25, 0.3) is 27.6 Å². The van der Waals surface area contributed by atoms with Gasteiger partial charge < -0.3 is 29.6 Å². The molecule has 0 atom stereocenters. The topological polar surface area (TPSA) is 105 Å². The lowest BCUT2D eigenvalue weighted by atomic mass is 10.0. The van der Waals surface area contributed by atoms with Crippen LogP contribution in [0.2, 0.25) is 0 Å². The first kappa shape index (κ1) is 27.5. The lowest BCUT2D eigenvalue weighted by molar-refractivity contribution is -0.123. The molecule has 204 valence electrons. The minimum atomic E-state index is -4.44. The zero-order valence-electron chi connectivity index (χ0n) is 22.1. The summed E-state index contributed by atoms with van der Waals surface area (Å²) in [5.41, 5.74) is 2.75. The number of nitrogens with zero attached hydrogens (tertiary/aromatic N) is 2. The van der Waals surface area contributed by atoms with E-state index in [0.29, 0.717) is 28.0 Å². The number of benzene rings is 1. The predicted molar refractivity (Wildman–Crippen MR) is 146 cm³/mol. The minimum Gasteiger partial charge on any atom is -0.455 e. The van der Waals surface area contributed by atoms with Crippen LogP contribution >= 0.6 is 0 Å². The summed E-state index contributed by atoms with van der Waals surface area (Å²) >= 11 is 0. The van der Waals surface area contributed by atoms with Crippen LogP contribution < -0.4 is 21.2 Å². The molecule has 4 rings (SSSR count). The van der Waals surface area contributed by atoms with Crippen LogP contribution in [0.3, 0.4) is 0 Å². The van der Waals surface area contributed by atoms with Gasteiger partial charge in [0.25, 0.3) is 11.1 Å². The fourth-order valence-electron chi connectivity index (χ4n) is 4.38. The Balaban J connectivity index is 1.95. The van der Waals surface area contributed by atoms with Crippen molar-refractivity contribution in [2.24, 2.45) is 14.1 Å². The van der Waals surface area contributed by atoms with Crippen molar-refractivity contribution in [2.75, 3.05) is 6.54 Å². The second-order valence-electron chi connectivity index (χ2n) is 9.41. The van der Waals surface area contributed by atoms with Gasteiger partial charge in [-0.05, 0) is 38.0 Å². The van der Waals surface area contributed by atoms with Gasteiger partial charge in [-0.2, -0.15) is 13.2 Å². The third-order valence-electron chi connectivity index (χ3n) is 6.46. The van der Waals surface area contributed by atoms with Gasteiger partial charge in [0.15, 0.2) is 5.75 Å². The number of ether oxygens (including phenoxy) is 1. The van der Waals surface area contributed by atoms with Gasteiger partial charge in [0, 0.05) is 66.1 Å². The summed E-state index contributed by atoms with van der Waals surface area (Å²) in [6, 6.07) is 8.74. The predicted octanol–water partition coefficient (Wildman–Crippen LogP) is 5.17. The van der Waals surface area contributed by atoms with Crippen molar-refractivity contribution in [1.82, 2.24) is 19.4 Å². The summed E-state index contributed by atoms with van der Waals surface area (Å²) in [6.07, 6.45) is -0.371. The average molecular weight is 540 g/mol. The lowest BCUT2D eigenvalue weighted by Gasteiger charge is -2.17. The molecular weight excluding hydrogens is 511 g/mol. The highest BCUT2D eigenvalue weighted by molar-refractivity contribution is 6.11. The number of aromatic nitrogens is 3. The molecule has 3 aromatic heterocycles. The van der Waals surface area contributed by atoms with Crippen molar-refractivity contribution in [2.45, 2.75) is 26.9 Å². The van der Waals surface area contributed by atoms with Crippen molar-refractivity contribution in [3.63, 3.8) is 0 Å². The second kappa shape index (κ2) is 10.3. The molecule has 3 heterocycles. The minimum absolute atomic E-state index is 0.111. The normalized spacial score (nSPS) is 12.4. The highest BCUT2D eigenvalue weighted by Gasteiger charge is 2.27. The van der Waals surface area contributed by atoms with E-state index in [4.69, 9.17) is 10.1 Å². The number of hydrogen-bond donors (Lipinski definition) is 3.